The SMILES string of the molecule is CCC(c1ccccc1)C(C(=O)NCCC[N+](C)(C)C)C(C)C(=O)[O-]. The molecule has 3 unspecified atom stereocenters. The van der Waals surface area contributed by atoms with Gasteiger partial charge in [-0.2, -0.15) is 0 Å². The minimum atomic E-state index is -1.18. The van der Waals surface area contributed by atoms with Crippen LogP contribution in [-0.4, -0.2) is 50.6 Å². The Morgan fingerprint density at radius 1 is 1.16 bits per heavy atom. The second kappa shape index (κ2) is 9.56. The molecule has 0 spiro atoms. The summed E-state index contributed by atoms with van der Waals surface area (Å²) in [4.78, 5) is 24.2. The van der Waals surface area contributed by atoms with Crippen LogP contribution in [-0.2, 0) is 9.59 Å². The third-order valence-corrected chi connectivity index (χ3v) is 4.62. The van der Waals surface area contributed by atoms with E-state index in [4.69, 9.17) is 0 Å². The van der Waals surface area contributed by atoms with E-state index in [2.05, 4.69) is 26.5 Å². The fourth-order valence-electron chi connectivity index (χ4n) is 3.18. The van der Waals surface area contributed by atoms with Gasteiger partial charge in [-0.05, 0) is 17.9 Å². The normalized spacial score (nSPS) is 15.2. The smallest absolute Gasteiger partial charge is 0.224 e. The first-order chi connectivity index (χ1) is 11.7. The van der Waals surface area contributed by atoms with E-state index in [9.17, 15) is 14.7 Å². The Kier molecular flexibility index (Phi) is 8.10. The Balaban J connectivity index is 2.88. The molecule has 1 N–H and O–H groups in total. The maximum absolute atomic E-state index is 12.8. The van der Waals surface area contributed by atoms with Crippen LogP contribution in [0.5, 0.6) is 0 Å². The highest BCUT2D eigenvalue weighted by Gasteiger charge is 2.33. The monoisotopic (exact) mass is 348 g/mol. The fourth-order valence-corrected chi connectivity index (χ4v) is 3.18. The Morgan fingerprint density at radius 2 is 1.76 bits per heavy atom. The Bertz CT molecular complexity index is 552. The first-order valence-electron chi connectivity index (χ1n) is 9.01. The summed E-state index contributed by atoms with van der Waals surface area (Å²) in [5.74, 6) is -3.01. The number of carbonyl (C=O) groups excluding carboxylic acids is 2. The number of amides is 1. The second-order valence-corrected chi connectivity index (χ2v) is 7.72. The molecular weight excluding hydrogens is 316 g/mol. The Labute approximate surface area is 151 Å². The first-order valence-corrected chi connectivity index (χ1v) is 9.01. The zero-order chi connectivity index (χ0) is 19.0. The van der Waals surface area contributed by atoms with Crippen molar-refractivity contribution in [3.05, 3.63) is 35.9 Å². The average Bonchev–Trinajstić information content (AvgIpc) is 2.55. The molecule has 5 nitrogen and oxygen atoms in total. The standard InChI is InChI=1S/C20H32N2O3/c1-6-17(16-11-8-7-9-12-16)18(15(2)20(24)25)19(23)21-13-10-14-22(3,4)5/h7-9,11-12,15,17-18H,6,10,13-14H2,1-5H3,(H-,21,23,24,25). The van der Waals surface area contributed by atoms with Crippen LogP contribution in [0.2, 0.25) is 0 Å². The predicted molar refractivity (Wildman–Crippen MR) is 97.7 cm³/mol. The maximum atomic E-state index is 12.8. The highest BCUT2D eigenvalue weighted by atomic mass is 16.4. The van der Waals surface area contributed by atoms with Crippen molar-refractivity contribution >= 4 is 11.9 Å². The molecule has 0 radical (unpaired) electrons. The van der Waals surface area contributed by atoms with E-state index >= 15 is 0 Å². The van der Waals surface area contributed by atoms with E-state index in [1.807, 2.05) is 37.3 Å². The van der Waals surface area contributed by atoms with Crippen molar-refractivity contribution in [1.29, 1.82) is 0 Å². The van der Waals surface area contributed by atoms with Gasteiger partial charge in [0.25, 0.3) is 0 Å². The molecule has 1 rings (SSSR count). The van der Waals surface area contributed by atoms with E-state index < -0.39 is 17.8 Å². The summed E-state index contributed by atoms with van der Waals surface area (Å²) in [7, 11) is 6.31. The van der Waals surface area contributed by atoms with Gasteiger partial charge in [0.15, 0.2) is 0 Å². The summed E-state index contributed by atoms with van der Waals surface area (Å²) in [5.41, 5.74) is 0.990. The zero-order valence-corrected chi connectivity index (χ0v) is 16.1. The molecule has 1 amide bonds. The van der Waals surface area contributed by atoms with Crippen LogP contribution in [0.1, 0.15) is 38.2 Å². The number of carbonyl (C=O) groups is 2. The molecule has 5 heteroatoms. The number of hydrogen-bond donors (Lipinski definition) is 1. The van der Waals surface area contributed by atoms with Crippen LogP contribution in [0.3, 0.4) is 0 Å². The van der Waals surface area contributed by atoms with E-state index in [0.717, 1.165) is 23.0 Å². The molecule has 0 aliphatic heterocycles. The van der Waals surface area contributed by atoms with Crippen molar-refractivity contribution < 1.29 is 19.2 Å². The third-order valence-electron chi connectivity index (χ3n) is 4.62. The number of nitrogens with one attached hydrogen (secondary N) is 1. The summed E-state index contributed by atoms with van der Waals surface area (Å²) < 4.78 is 0.830. The fraction of sp³-hybridized carbons (Fsp3) is 0.600. The third kappa shape index (κ3) is 6.86. The van der Waals surface area contributed by atoms with Crippen LogP contribution < -0.4 is 10.4 Å². The lowest BCUT2D eigenvalue weighted by Gasteiger charge is -2.31. The molecule has 25 heavy (non-hydrogen) atoms. The second-order valence-electron chi connectivity index (χ2n) is 7.72. The molecule has 0 saturated heterocycles. The van der Waals surface area contributed by atoms with Gasteiger partial charge >= 0.3 is 0 Å². The van der Waals surface area contributed by atoms with Crippen LogP contribution in [0.15, 0.2) is 30.3 Å². The van der Waals surface area contributed by atoms with Gasteiger partial charge in [-0.3, -0.25) is 4.79 Å². The lowest BCUT2D eigenvalue weighted by molar-refractivity contribution is -0.870. The lowest BCUT2D eigenvalue weighted by atomic mass is 9.76. The Morgan fingerprint density at radius 3 is 2.24 bits per heavy atom. The van der Waals surface area contributed by atoms with Crippen molar-refractivity contribution in [1.82, 2.24) is 5.32 Å². The largest absolute Gasteiger partial charge is 0.550 e. The van der Waals surface area contributed by atoms with Gasteiger partial charge in [0.2, 0.25) is 5.91 Å². The number of quaternary nitrogens is 1. The van der Waals surface area contributed by atoms with Crippen molar-refractivity contribution in [3.63, 3.8) is 0 Å². The van der Waals surface area contributed by atoms with E-state index in [-0.39, 0.29) is 11.8 Å². The summed E-state index contributed by atoms with van der Waals surface area (Å²) in [5, 5.41) is 14.4. The number of hydrogen-bond acceptors (Lipinski definition) is 3. The Hall–Kier alpha value is -1.88. The average molecular weight is 348 g/mol. The molecular formula is C20H32N2O3. The molecule has 140 valence electrons. The minimum absolute atomic E-state index is 0.146. The van der Waals surface area contributed by atoms with Gasteiger partial charge in [0.1, 0.15) is 0 Å². The number of carboxylic acids is 1. The van der Waals surface area contributed by atoms with E-state index in [1.54, 1.807) is 6.92 Å². The zero-order valence-electron chi connectivity index (χ0n) is 16.1. The van der Waals surface area contributed by atoms with Crippen molar-refractivity contribution in [2.24, 2.45) is 11.8 Å². The summed E-state index contributed by atoms with van der Waals surface area (Å²) >= 11 is 0. The van der Waals surface area contributed by atoms with Crippen molar-refractivity contribution in [2.45, 2.75) is 32.6 Å². The molecule has 0 bridgehead atoms. The number of carboxylic acid groups (broad SMARTS) is 1. The topological polar surface area (TPSA) is 69.2 Å². The predicted octanol–water partition coefficient (Wildman–Crippen LogP) is 1.39. The van der Waals surface area contributed by atoms with E-state index in [1.165, 1.54) is 0 Å². The van der Waals surface area contributed by atoms with Crippen LogP contribution in [0, 0.1) is 11.8 Å². The molecule has 1 aromatic carbocycles. The molecule has 3 atom stereocenters. The number of aliphatic carboxylic acids is 1. The van der Waals surface area contributed by atoms with Gasteiger partial charge in [-0.15, -0.1) is 0 Å². The van der Waals surface area contributed by atoms with Gasteiger partial charge < -0.3 is 19.7 Å². The number of nitrogens with zero attached hydrogens (tertiary/aromatic N) is 1. The molecule has 0 aliphatic carbocycles. The molecule has 0 saturated carbocycles. The van der Waals surface area contributed by atoms with Crippen molar-refractivity contribution in [2.75, 3.05) is 34.2 Å². The number of rotatable bonds is 10. The minimum Gasteiger partial charge on any atom is -0.550 e. The molecule has 0 aliphatic rings. The highest BCUT2D eigenvalue weighted by Crippen LogP contribution is 2.33. The molecule has 0 heterocycles. The van der Waals surface area contributed by atoms with Crippen LogP contribution in [0.4, 0.5) is 0 Å². The molecule has 0 aromatic heterocycles. The quantitative estimate of drug-likeness (QED) is 0.513. The lowest BCUT2D eigenvalue weighted by Crippen LogP contribution is -2.45. The highest BCUT2D eigenvalue weighted by molar-refractivity contribution is 5.84. The van der Waals surface area contributed by atoms with Gasteiger partial charge in [-0.1, -0.05) is 44.2 Å². The van der Waals surface area contributed by atoms with Crippen LogP contribution >= 0.6 is 0 Å². The molecule has 1 aromatic rings. The van der Waals surface area contributed by atoms with Gasteiger partial charge in [0, 0.05) is 24.9 Å². The summed E-state index contributed by atoms with van der Waals surface area (Å²) in [6, 6.07) is 9.65. The summed E-state index contributed by atoms with van der Waals surface area (Å²) in [6.45, 7) is 5.04. The van der Waals surface area contributed by atoms with Crippen molar-refractivity contribution in [3.8, 4) is 0 Å². The van der Waals surface area contributed by atoms with E-state index in [0.29, 0.717) is 13.0 Å². The molecule has 0 fully saturated rings. The van der Waals surface area contributed by atoms with Gasteiger partial charge in [-0.25, -0.2) is 0 Å². The summed E-state index contributed by atoms with van der Waals surface area (Å²) in [6.07, 6.45) is 1.54. The number of benzene rings is 1. The first kappa shape index (κ1) is 21.2. The van der Waals surface area contributed by atoms with Crippen LogP contribution in [0.25, 0.3) is 0 Å². The van der Waals surface area contributed by atoms with Gasteiger partial charge in [0.05, 0.1) is 33.6 Å². The maximum Gasteiger partial charge on any atom is 0.224 e.